The molecule has 0 amide bonds. The van der Waals surface area contributed by atoms with Gasteiger partial charge < -0.3 is 15.0 Å². The molecular weight excluding hydrogens is 604 g/mol. The van der Waals surface area contributed by atoms with E-state index >= 15 is 0 Å². The zero-order valence-corrected chi connectivity index (χ0v) is 23.0. The minimum Gasteiger partial charge on any atom is -0.437 e. The van der Waals surface area contributed by atoms with Crippen LogP contribution >= 0.6 is 15.9 Å². The number of hydrogen-bond donors (Lipinski definition) is 1. The Labute approximate surface area is 235 Å². The van der Waals surface area contributed by atoms with E-state index in [0.29, 0.717) is 58.9 Å². The Morgan fingerprint density at radius 2 is 1.70 bits per heavy atom. The van der Waals surface area contributed by atoms with Gasteiger partial charge in [0.15, 0.2) is 0 Å². The summed E-state index contributed by atoms with van der Waals surface area (Å²) in [7, 11) is 0. The average molecular weight is 628 g/mol. The SMILES string of the molecule is Cc1cc(C#N)cc(C)c1Oc1nc(N(Cc2ccc(C(F)(F)F)cc2C(F)(F)F)C2CCNCC2)ncc1Br. The lowest BCUT2D eigenvalue weighted by Gasteiger charge is -2.35. The van der Waals surface area contributed by atoms with E-state index in [0.717, 1.165) is 6.07 Å². The van der Waals surface area contributed by atoms with E-state index in [-0.39, 0.29) is 36.0 Å². The fourth-order valence-electron chi connectivity index (χ4n) is 4.64. The van der Waals surface area contributed by atoms with Crippen LogP contribution in [-0.2, 0) is 18.9 Å². The number of halogens is 7. The molecule has 0 bridgehead atoms. The maximum Gasteiger partial charge on any atom is 0.416 e. The molecule has 1 saturated heterocycles. The molecule has 2 aromatic carbocycles. The number of hydrogen-bond acceptors (Lipinski definition) is 6. The van der Waals surface area contributed by atoms with Crippen molar-refractivity contribution in [2.75, 3.05) is 18.0 Å². The number of nitrogens with zero attached hydrogens (tertiary/aromatic N) is 4. The third-order valence-electron chi connectivity index (χ3n) is 6.58. The number of ether oxygens (including phenoxy) is 1. The van der Waals surface area contributed by atoms with Gasteiger partial charge in [0.1, 0.15) is 5.75 Å². The molecule has 0 saturated carbocycles. The highest BCUT2D eigenvalue weighted by Crippen LogP contribution is 2.39. The standard InChI is InChI=1S/C27H24BrF6N5O/c1-15-9-17(12-35)10-16(2)23(15)40-24-22(28)13-37-25(38-24)39(20-5-7-36-8-6-20)14-18-3-4-19(26(29,30)31)11-21(18)27(32,33)34/h3-4,9-11,13,20,36H,5-8,14H2,1-2H3. The summed E-state index contributed by atoms with van der Waals surface area (Å²) in [6.07, 6.45) is -7.39. The van der Waals surface area contributed by atoms with Crippen molar-refractivity contribution in [2.24, 2.45) is 0 Å². The van der Waals surface area contributed by atoms with Gasteiger partial charge in [-0.3, -0.25) is 0 Å². The minimum atomic E-state index is -5.00. The summed E-state index contributed by atoms with van der Waals surface area (Å²) in [5, 5.41) is 12.4. The third-order valence-corrected chi connectivity index (χ3v) is 7.12. The molecule has 40 heavy (non-hydrogen) atoms. The van der Waals surface area contributed by atoms with Gasteiger partial charge >= 0.3 is 12.4 Å². The lowest BCUT2D eigenvalue weighted by Crippen LogP contribution is -2.44. The summed E-state index contributed by atoms with van der Waals surface area (Å²) in [5.41, 5.74) is -1.25. The Kier molecular flexibility index (Phi) is 8.60. The number of aryl methyl sites for hydroxylation is 2. The molecule has 0 unspecified atom stereocenters. The molecule has 1 aliphatic rings. The van der Waals surface area contributed by atoms with Crippen LogP contribution in [0.15, 0.2) is 41.0 Å². The highest BCUT2D eigenvalue weighted by molar-refractivity contribution is 9.10. The number of nitriles is 1. The smallest absolute Gasteiger partial charge is 0.416 e. The Hall–Kier alpha value is -3.37. The first-order chi connectivity index (χ1) is 18.8. The minimum absolute atomic E-state index is 0.0714. The number of benzene rings is 2. The number of nitrogens with one attached hydrogen (secondary N) is 1. The molecule has 6 nitrogen and oxygen atoms in total. The van der Waals surface area contributed by atoms with Gasteiger partial charge in [0.25, 0.3) is 0 Å². The van der Waals surface area contributed by atoms with Crippen molar-refractivity contribution in [3.8, 4) is 17.7 Å². The molecule has 13 heteroatoms. The van der Waals surface area contributed by atoms with Gasteiger partial charge in [0, 0.05) is 12.6 Å². The number of anilines is 1. The van der Waals surface area contributed by atoms with Gasteiger partial charge in [-0.05, 0) is 96.7 Å². The molecule has 212 valence electrons. The van der Waals surface area contributed by atoms with Crippen LogP contribution in [0.5, 0.6) is 11.6 Å². The van der Waals surface area contributed by atoms with Crippen molar-refractivity contribution in [1.82, 2.24) is 15.3 Å². The molecule has 0 spiro atoms. The normalized spacial score (nSPS) is 14.6. The Bertz CT molecular complexity index is 1410. The molecule has 0 atom stereocenters. The lowest BCUT2D eigenvalue weighted by atomic mass is 10.00. The summed E-state index contributed by atoms with van der Waals surface area (Å²) >= 11 is 3.36. The average Bonchev–Trinajstić information content (AvgIpc) is 2.89. The van der Waals surface area contributed by atoms with E-state index < -0.39 is 23.5 Å². The second-order valence-electron chi connectivity index (χ2n) is 9.45. The van der Waals surface area contributed by atoms with E-state index in [1.165, 1.54) is 6.20 Å². The third kappa shape index (κ3) is 6.67. The van der Waals surface area contributed by atoms with Crippen molar-refractivity contribution in [1.29, 1.82) is 5.26 Å². The topological polar surface area (TPSA) is 74.1 Å². The Morgan fingerprint density at radius 1 is 1.05 bits per heavy atom. The summed E-state index contributed by atoms with van der Waals surface area (Å²) in [4.78, 5) is 10.4. The number of alkyl halides is 6. The van der Waals surface area contributed by atoms with E-state index in [9.17, 15) is 31.6 Å². The van der Waals surface area contributed by atoms with Crippen molar-refractivity contribution in [3.05, 3.63) is 74.4 Å². The van der Waals surface area contributed by atoms with Gasteiger partial charge in [0.2, 0.25) is 11.8 Å². The van der Waals surface area contributed by atoms with E-state index in [1.807, 2.05) is 0 Å². The van der Waals surface area contributed by atoms with E-state index in [1.54, 1.807) is 30.9 Å². The van der Waals surface area contributed by atoms with Crippen LogP contribution in [-0.4, -0.2) is 29.1 Å². The van der Waals surface area contributed by atoms with Gasteiger partial charge in [-0.25, -0.2) is 4.98 Å². The molecule has 3 aromatic rings. The maximum atomic E-state index is 13.9. The second kappa shape index (κ2) is 11.6. The molecule has 1 aromatic heterocycles. The summed E-state index contributed by atoms with van der Waals surface area (Å²) in [6, 6.07) is 6.76. The molecule has 1 aliphatic heterocycles. The van der Waals surface area contributed by atoms with Crippen LogP contribution in [0.25, 0.3) is 0 Å². The van der Waals surface area contributed by atoms with E-state index in [2.05, 4.69) is 37.3 Å². The quantitative estimate of drug-likeness (QED) is 0.289. The predicted molar refractivity (Wildman–Crippen MR) is 139 cm³/mol. The molecule has 1 fully saturated rings. The molecule has 2 heterocycles. The second-order valence-corrected chi connectivity index (χ2v) is 10.3. The van der Waals surface area contributed by atoms with Crippen LogP contribution in [0.4, 0.5) is 32.3 Å². The van der Waals surface area contributed by atoms with Gasteiger partial charge in [0.05, 0.1) is 33.4 Å². The van der Waals surface area contributed by atoms with Gasteiger partial charge in [-0.1, -0.05) is 6.07 Å². The largest absolute Gasteiger partial charge is 0.437 e. The number of piperidine rings is 1. The summed E-state index contributed by atoms with van der Waals surface area (Å²) < 4.78 is 87.9. The van der Waals surface area contributed by atoms with Crippen molar-refractivity contribution in [3.63, 3.8) is 0 Å². The van der Waals surface area contributed by atoms with Crippen LogP contribution in [0.3, 0.4) is 0 Å². The highest BCUT2D eigenvalue weighted by Gasteiger charge is 2.39. The molecular formula is C27H24BrF6N5O. The first-order valence-corrected chi connectivity index (χ1v) is 13.0. The predicted octanol–water partition coefficient (Wildman–Crippen LogP) is 7.32. The van der Waals surface area contributed by atoms with Crippen molar-refractivity contribution in [2.45, 2.75) is 51.6 Å². The van der Waals surface area contributed by atoms with Crippen LogP contribution in [0, 0.1) is 25.2 Å². The summed E-state index contributed by atoms with van der Waals surface area (Å²) in [6.45, 7) is 4.37. The van der Waals surface area contributed by atoms with Crippen molar-refractivity contribution < 1.29 is 31.1 Å². The van der Waals surface area contributed by atoms with Crippen LogP contribution in [0.2, 0.25) is 0 Å². The van der Waals surface area contributed by atoms with Crippen LogP contribution in [0.1, 0.15) is 46.2 Å². The first kappa shape index (κ1) is 29.6. The Morgan fingerprint density at radius 3 is 2.27 bits per heavy atom. The van der Waals surface area contributed by atoms with Crippen LogP contribution < -0.4 is 15.0 Å². The zero-order valence-electron chi connectivity index (χ0n) is 21.4. The highest BCUT2D eigenvalue weighted by atomic mass is 79.9. The molecule has 1 N–H and O–H groups in total. The molecule has 0 aliphatic carbocycles. The molecule has 0 radical (unpaired) electrons. The lowest BCUT2D eigenvalue weighted by molar-refractivity contribution is -0.143. The van der Waals surface area contributed by atoms with Gasteiger partial charge in [-0.2, -0.15) is 36.6 Å². The molecule has 4 rings (SSSR count). The van der Waals surface area contributed by atoms with E-state index in [4.69, 9.17) is 4.74 Å². The maximum absolute atomic E-state index is 13.9. The monoisotopic (exact) mass is 627 g/mol. The number of rotatable bonds is 6. The van der Waals surface area contributed by atoms with Gasteiger partial charge in [-0.15, -0.1) is 0 Å². The fourth-order valence-corrected chi connectivity index (χ4v) is 4.92. The van der Waals surface area contributed by atoms with Crippen molar-refractivity contribution >= 4 is 21.9 Å². The fraction of sp³-hybridized carbons (Fsp3) is 0.370. The Balaban J connectivity index is 1.76. The number of aromatic nitrogens is 2. The summed E-state index contributed by atoms with van der Waals surface area (Å²) in [5.74, 6) is 0.630. The first-order valence-electron chi connectivity index (χ1n) is 12.2. The zero-order chi connectivity index (χ0) is 29.2.